The van der Waals surface area contributed by atoms with Crippen molar-refractivity contribution in [2.75, 3.05) is 0 Å². The lowest BCUT2D eigenvalue weighted by Gasteiger charge is -2.17. The molecule has 0 radical (unpaired) electrons. The van der Waals surface area contributed by atoms with Crippen molar-refractivity contribution in [3.05, 3.63) is 66.0 Å². The summed E-state index contributed by atoms with van der Waals surface area (Å²) in [6.45, 7) is 2.05. The number of hydrogen-bond donors (Lipinski definition) is 0. The van der Waals surface area contributed by atoms with Crippen LogP contribution >= 0.6 is 0 Å². The molecule has 1 atom stereocenters. The second-order valence-electron chi connectivity index (χ2n) is 3.88. The zero-order valence-electron chi connectivity index (χ0n) is 9.77. The van der Waals surface area contributed by atoms with Crippen LogP contribution in [0.4, 0.5) is 4.39 Å². The highest BCUT2D eigenvalue weighted by atomic mass is 19.1. The van der Waals surface area contributed by atoms with Gasteiger partial charge in [0.2, 0.25) is 0 Å². The fourth-order valence-corrected chi connectivity index (χ4v) is 1.76. The van der Waals surface area contributed by atoms with Crippen molar-refractivity contribution in [2.24, 2.45) is 0 Å². The van der Waals surface area contributed by atoms with Gasteiger partial charge in [-0.1, -0.05) is 43.3 Å². The minimum absolute atomic E-state index is 0.0296. The van der Waals surface area contributed by atoms with Gasteiger partial charge in [0.05, 0.1) is 0 Å². The summed E-state index contributed by atoms with van der Waals surface area (Å²) in [5.41, 5.74) is 1.11. The van der Waals surface area contributed by atoms with E-state index in [2.05, 4.69) is 6.92 Å². The van der Waals surface area contributed by atoms with Crippen LogP contribution in [0.1, 0.15) is 25.0 Å². The summed E-state index contributed by atoms with van der Waals surface area (Å²) in [6, 6.07) is 16.2. The van der Waals surface area contributed by atoms with E-state index in [1.807, 2.05) is 30.3 Å². The molecule has 0 bridgehead atoms. The van der Waals surface area contributed by atoms with Gasteiger partial charge in [0, 0.05) is 6.07 Å². The molecular formula is C15H15FO. The number of ether oxygens (including phenoxy) is 1. The molecule has 2 heteroatoms. The highest BCUT2D eigenvalue weighted by Crippen LogP contribution is 2.24. The van der Waals surface area contributed by atoms with Crippen LogP contribution in [0.25, 0.3) is 0 Å². The number of rotatable bonds is 4. The Hall–Kier alpha value is -1.83. The van der Waals surface area contributed by atoms with Gasteiger partial charge in [-0.3, -0.25) is 0 Å². The molecule has 0 unspecified atom stereocenters. The first-order valence-electron chi connectivity index (χ1n) is 5.76. The van der Waals surface area contributed by atoms with Crippen molar-refractivity contribution in [1.29, 1.82) is 0 Å². The van der Waals surface area contributed by atoms with E-state index in [9.17, 15) is 4.39 Å². The first-order chi connectivity index (χ1) is 8.29. The molecule has 0 saturated carbocycles. The number of benzene rings is 2. The summed E-state index contributed by atoms with van der Waals surface area (Å²) in [6.07, 6.45) is 0.818. The van der Waals surface area contributed by atoms with Crippen molar-refractivity contribution in [3.8, 4) is 5.75 Å². The lowest BCUT2D eigenvalue weighted by atomic mass is 10.1. The zero-order valence-corrected chi connectivity index (χ0v) is 9.77. The first kappa shape index (κ1) is 11.6. The smallest absolute Gasteiger partial charge is 0.126 e. The van der Waals surface area contributed by atoms with Gasteiger partial charge >= 0.3 is 0 Å². The quantitative estimate of drug-likeness (QED) is 0.758. The van der Waals surface area contributed by atoms with E-state index < -0.39 is 0 Å². The van der Waals surface area contributed by atoms with Gasteiger partial charge in [-0.2, -0.15) is 0 Å². The molecule has 0 aliphatic heterocycles. The largest absolute Gasteiger partial charge is 0.486 e. The average Bonchev–Trinajstić information content (AvgIpc) is 2.37. The predicted molar refractivity (Wildman–Crippen MR) is 66.5 cm³/mol. The van der Waals surface area contributed by atoms with Gasteiger partial charge in [-0.05, 0) is 24.1 Å². The Morgan fingerprint density at radius 1 is 1.06 bits per heavy atom. The Kier molecular flexibility index (Phi) is 3.76. The van der Waals surface area contributed by atoms with Gasteiger partial charge in [0.15, 0.2) is 0 Å². The Bertz CT molecular complexity index is 467. The topological polar surface area (TPSA) is 9.23 Å². The predicted octanol–water partition coefficient (Wildman–Crippen LogP) is 4.36. The van der Waals surface area contributed by atoms with E-state index in [4.69, 9.17) is 4.74 Å². The molecule has 2 aromatic carbocycles. The van der Waals surface area contributed by atoms with Crippen LogP contribution in [-0.4, -0.2) is 0 Å². The van der Waals surface area contributed by atoms with Crippen LogP contribution in [-0.2, 0) is 0 Å². The zero-order chi connectivity index (χ0) is 12.1. The van der Waals surface area contributed by atoms with Crippen LogP contribution < -0.4 is 4.74 Å². The van der Waals surface area contributed by atoms with Crippen LogP contribution in [0.15, 0.2) is 54.6 Å². The van der Waals surface area contributed by atoms with Crippen molar-refractivity contribution in [2.45, 2.75) is 19.4 Å². The van der Waals surface area contributed by atoms with Gasteiger partial charge in [-0.15, -0.1) is 0 Å². The van der Waals surface area contributed by atoms with E-state index >= 15 is 0 Å². The highest BCUT2D eigenvalue weighted by molar-refractivity contribution is 5.25. The Balaban J connectivity index is 2.16. The number of hydrogen-bond acceptors (Lipinski definition) is 1. The molecule has 0 fully saturated rings. The summed E-state index contributed by atoms with van der Waals surface area (Å²) in [5.74, 6) is 0.297. The molecule has 0 aromatic heterocycles. The third kappa shape index (κ3) is 3.06. The maximum absolute atomic E-state index is 13.0. The van der Waals surface area contributed by atoms with E-state index in [0.717, 1.165) is 12.0 Å². The van der Waals surface area contributed by atoms with Crippen molar-refractivity contribution in [1.82, 2.24) is 0 Å². The third-order valence-electron chi connectivity index (χ3n) is 2.62. The minimum atomic E-state index is -0.273. The van der Waals surface area contributed by atoms with Crippen LogP contribution in [0, 0.1) is 5.82 Å². The molecule has 17 heavy (non-hydrogen) atoms. The molecule has 0 amide bonds. The molecule has 0 heterocycles. The van der Waals surface area contributed by atoms with E-state index in [1.165, 1.54) is 12.1 Å². The van der Waals surface area contributed by atoms with Crippen molar-refractivity contribution in [3.63, 3.8) is 0 Å². The van der Waals surface area contributed by atoms with Gasteiger partial charge in [-0.25, -0.2) is 4.39 Å². The standard InChI is InChI=1S/C15H15FO/c1-2-15(12-7-4-3-5-8-12)17-14-10-6-9-13(16)11-14/h3-11,15H,2H2,1H3/t15-/m1/s1. The second-order valence-corrected chi connectivity index (χ2v) is 3.88. The van der Waals surface area contributed by atoms with Crippen LogP contribution in [0.3, 0.4) is 0 Å². The molecule has 2 rings (SSSR count). The summed E-state index contributed by atoms with van der Waals surface area (Å²) in [4.78, 5) is 0. The SMILES string of the molecule is CC[C@@H](Oc1cccc(F)c1)c1ccccc1. The van der Waals surface area contributed by atoms with E-state index in [0.29, 0.717) is 5.75 Å². The normalized spacial score (nSPS) is 12.1. The van der Waals surface area contributed by atoms with E-state index in [-0.39, 0.29) is 11.9 Å². The minimum Gasteiger partial charge on any atom is -0.486 e. The molecule has 0 saturated heterocycles. The fraction of sp³-hybridized carbons (Fsp3) is 0.200. The van der Waals surface area contributed by atoms with Gasteiger partial charge < -0.3 is 4.74 Å². The van der Waals surface area contributed by atoms with Crippen molar-refractivity contribution >= 4 is 0 Å². The lowest BCUT2D eigenvalue weighted by molar-refractivity contribution is 0.200. The molecule has 1 nitrogen and oxygen atoms in total. The third-order valence-corrected chi connectivity index (χ3v) is 2.62. The molecular weight excluding hydrogens is 215 g/mol. The monoisotopic (exact) mass is 230 g/mol. The molecule has 0 aliphatic carbocycles. The number of halogens is 1. The van der Waals surface area contributed by atoms with Crippen molar-refractivity contribution < 1.29 is 9.13 Å². The van der Waals surface area contributed by atoms with E-state index in [1.54, 1.807) is 12.1 Å². The van der Waals surface area contributed by atoms with Gasteiger partial charge in [0.1, 0.15) is 17.7 Å². The molecule has 0 N–H and O–H groups in total. The Morgan fingerprint density at radius 2 is 1.82 bits per heavy atom. The molecule has 0 spiro atoms. The maximum atomic E-state index is 13.0. The van der Waals surface area contributed by atoms with Gasteiger partial charge in [0.25, 0.3) is 0 Å². The summed E-state index contributed by atoms with van der Waals surface area (Å²) in [7, 11) is 0. The molecule has 0 aliphatic rings. The summed E-state index contributed by atoms with van der Waals surface area (Å²) >= 11 is 0. The average molecular weight is 230 g/mol. The van der Waals surface area contributed by atoms with Crippen LogP contribution in [0.5, 0.6) is 5.75 Å². The Labute approximate surface area is 101 Å². The summed E-state index contributed by atoms with van der Waals surface area (Å²) < 4.78 is 18.8. The highest BCUT2D eigenvalue weighted by Gasteiger charge is 2.10. The lowest BCUT2D eigenvalue weighted by Crippen LogP contribution is -2.06. The van der Waals surface area contributed by atoms with Crippen LogP contribution in [0.2, 0.25) is 0 Å². The summed E-state index contributed by atoms with van der Waals surface area (Å²) in [5, 5.41) is 0. The first-order valence-corrected chi connectivity index (χ1v) is 5.76. The fourth-order valence-electron chi connectivity index (χ4n) is 1.76. The maximum Gasteiger partial charge on any atom is 0.126 e. The molecule has 88 valence electrons. The second kappa shape index (κ2) is 5.48. The Morgan fingerprint density at radius 3 is 2.47 bits per heavy atom. The molecule has 2 aromatic rings.